The Hall–Kier alpha value is -4.65. The Labute approximate surface area is 273 Å². The fourth-order valence-electron chi connectivity index (χ4n) is 5.33. The van der Waals surface area contributed by atoms with Crippen LogP contribution in [0.4, 0.5) is 0 Å². The van der Waals surface area contributed by atoms with E-state index in [0.717, 1.165) is 11.1 Å². The third-order valence-corrected chi connectivity index (χ3v) is 7.97. The van der Waals surface area contributed by atoms with Crippen LogP contribution in [0.25, 0.3) is 0 Å². The maximum atomic E-state index is 14.2. The minimum absolute atomic E-state index is 0.0700. The van der Waals surface area contributed by atoms with Crippen molar-refractivity contribution >= 4 is 47.1 Å². The minimum Gasteiger partial charge on any atom is -0.370 e. The summed E-state index contributed by atoms with van der Waals surface area (Å²) in [5.74, 6) is -3.16. The van der Waals surface area contributed by atoms with Crippen LogP contribution in [0.5, 0.6) is 0 Å². The lowest BCUT2D eigenvalue weighted by atomic mass is 9.92. The molecule has 1 aliphatic rings. The fourth-order valence-corrected chi connectivity index (χ4v) is 5.45. The van der Waals surface area contributed by atoms with Crippen LogP contribution in [-0.4, -0.2) is 71.1 Å². The summed E-state index contributed by atoms with van der Waals surface area (Å²) in [6.07, 6.45) is 0.760. The van der Waals surface area contributed by atoms with Gasteiger partial charge in [0.1, 0.15) is 24.2 Å². The first-order valence-electron chi connectivity index (χ1n) is 15.1. The van der Waals surface area contributed by atoms with Gasteiger partial charge in [-0.05, 0) is 47.6 Å². The van der Waals surface area contributed by atoms with Gasteiger partial charge in [0.25, 0.3) is 0 Å². The molecule has 13 nitrogen and oxygen atoms in total. The fraction of sp³-hybridized carbons (Fsp3) is 0.438. The van der Waals surface area contributed by atoms with Crippen molar-refractivity contribution in [3.63, 3.8) is 0 Å². The number of hydrogen-bond acceptors (Lipinski definition) is 6. The first kappa shape index (κ1) is 35.8. The Morgan fingerprint density at radius 2 is 1.54 bits per heavy atom. The molecule has 0 radical (unpaired) electrons. The van der Waals surface area contributed by atoms with E-state index in [2.05, 4.69) is 20.9 Å². The quantitative estimate of drug-likeness (QED) is 0.0963. The molecule has 1 aliphatic heterocycles. The second kappa shape index (κ2) is 16.6. The summed E-state index contributed by atoms with van der Waals surface area (Å²) in [4.78, 5) is 71.1. The smallest absolute Gasteiger partial charge is 0.246 e. The van der Waals surface area contributed by atoms with Crippen LogP contribution >= 0.6 is 11.6 Å². The van der Waals surface area contributed by atoms with Gasteiger partial charge >= 0.3 is 0 Å². The predicted molar refractivity (Wildman–Crippen MR) is 175 cm³/mol. The molecular formula is C32H43ClN8O5. The number of guanidine groups is 1. The van der Waals surface area contributed by atoms with E-state index in [9.17, 15) is 24.0 Å². The minimum atomic E-state index is -1.13. The molecule has 5 amide bonds. The number of hydrogen-bond donors (Lipinski definition) is 6. The molecule has 248 valence electrons. The molecule has 1 heterocycles. The predicted octanol–water partition coefficient (Wildman–Crippen LogP) is 0.505. The van der Waals surface area contributed by atoms with E-state index in [0.29, 0.717) is 17.0 Å². The first-order chi connectivity index (χ1) is 21.8. The summed E-state index contributed by atoms with van der Waals surface area (Å²) in [7, 11) is 0. The molecule has 0 saturated heterocycles. The Balaban J connectivity index is 1.93. The Bertz CT molecular complexity index is 1440. The normalized spacial score (nSPS) is 15.9. The Morgan fingerprint density at radius 3 is 2.13 bits per heavy atom. The van der Waals surface area contributed by atoms with Crippen LogP contribution < -0.4 is 33.2 Å². The highest BCUT2D eigenvalue weighted by Gasteiger charge is 2.38. The highest BCUT2D eigenvalue weighted by molar-refractivity contribution is 6.30. The third-order valence-electron chi connectivity index (χ3n) is 7.71. The summed E-state index contributed by atoms with van der Waals surface area (Å²) < 4.78 is 0. The number of primary amides is 1. The second-order valence-corrected chi connectivity index (χ2v) is 12.1. The number of carbonyl (C=O) groups excluding carboxylic acids is 5. The molecule has 0 bridgehead atoms. The van der Waals surface area contributed by atoms with E-state index >= 15 is 0 Å². The molecule has 0 saturated carbocycles. The summed E-state index contributed by atoms with van der Waals surface area (Å²) in [5, 5.41) is 8.67. The number of benzene rings is 2. The number of carbonyl (C=O) groups is 5. The number of halogens is 1. The maximum Gasteiger partial charge on any atom is 0.246 e. The van der Waals surface area contributed by atoms with E-state index in [1.54, 1.807) is 38.1 Å². The Kier molecular flexibility index (Phi) is 12.9. The summed E-state index contributed by atoms with van der Waals surface area (Å²) in [5.41, 5.74) is 19.1. The molecule has 3 rings (SSSR count). The van der Waals surface area contributed by atoms with E-state index in [4.69, 9.17) is 28.8 Å². The second-order valence-electron chi connectivity index (χ2n) is 11.7. The van der Waals surface area contributed by atoms with Crippen molar-refractivity contribution in [1.29, 1.82) is 0 Å². The van der Waals surface area contributed by atoms with Crippen LogP contribution in [-0.2, 0) is 43.4 Å². The van der Waals surface area contributed by atoms with E-state index in [1.165, 1.54) is 11.8 Å². The van der Waals surface area contributed by atoms with Gasteiger partial charge in [-0.2, -0.15) is 0 Å². The average Bonchev–Trinajstić information content (AvgIpc) is 3.00. The van der Waals surface area contributed by atoms with Crippen molar-refractivity contribution in [2.24, 2.45) is 28.1 Å². The van der Waals surface area contributed by atoms with Gasteiger partial charge in [0.05, 0.1) is 0 Å². The van der Waals surface area contributed by atoms with Crippen LogP contribution in [0.3, 0.4) is 0 Å². The molecular weight excluding hydrogens is 612 g/mol. The molecule has 46 heavy (non-hydrogen) atoms. The lowest BCUT2D eigenvalue weighted by Crippen LogP contribution is -2.60. The van der Waals surface area contributed by atoms with Crippen LogP contribution in [0.1, 0.15) is 50.3 Å². The molecule has 0 aromatic heterocycles. The van der Waals surface area contributed by atoms with Gasteiger partial charge in [0.2, 0.25) is 29.5 Å². The number of nitrogens with zero attached hydrogens (tertiary/aromatic N) is 2. The zero-order valence-electron chi connectivity index (χ0n) is 26.3. The molecule has 2 aromatic carbocycles. The molecule has 2 aromatic rings. The average molecular weight is 655 g/mol. The maximum absolute atomic E-state index is 14.2. The van der Waals surface area contributed by atoms with Gasteiger partial charge in [0, 0.05) is 37.9 Å². The largest absolute Gasteiger partial charge is 0.370 e. The summed E-state index contributed by atoms with van der Waals surface area (Å²) in [6.45, 7) is 5.15. The van der Waals surface area contributed by atoms with Crippen LogP contribution in [0.2, 0.25) is 5.02 Å². The zero-order chi connectivity index (χ0) is 34.0. The van der Waals surface area contributed by atoms with E-state index < -0.39 is 53.7 Å². The number of nitrogens with one attached hydrogen (secondary N) is 3. The van der Waals surface area contributed by atoms with E-state index in [1.807, 2.05) is 24.3 Å². The van der Waals surface area contributed by atoms with E-state index in [-0.39, 0.29) is 44.2 Å². The standard InChI is InChI=1S/C32H43ClN8O5/c1-18(2)27(38-19(3)42)30(45)39-24(9-6-14-37-32(35)36)29(44)40-25(15-20-10-12-23(33)13-11-20)31(46)41-17-22-8-5-4-7-21(22)16-26(41)28(34)43/h4-5,7-8,10-13,18,24-27H,6,9,14-17H2,1-3H3,(H2,34,43)(H,38,42)(H,39,45)(H,40,44)(H4,35,36,37)/t24-,25+,26+,27-/m0/s1. The lowest BCUT2D eigenvalue weighted by Gasteiger charge is -2.37. The summed E-state index contributed by atoms with van der Waals surface area (Å²) in [6, 6.07) is 10.2. The molecule has 0 spiro atoms. The topological polar surface area (TPSA) is 215 Å². The monoisotopic (exact) mass is 654 g/mol. The number of fused-ring (bicyclic) bond motifs is 1. The van der Waals surface area contributed by atoms with Crippen LogP contribution in [0.15, 0.2) is 53.5 Å². The van der Waals surface area contributed by atoms with Gasteiger partial charge in [-0.15, -0.1) is 0 Å². The number of amides is 5. The van der Waals surface area contributed by atoms with Crippen molar-refractivity contribution in [2.75, 3.05) is 6.54 Å². The Morgan fingerprint density at radius 1 is 0.913 bits per heavy atom. The van der Waals surface area contributed by atoms with Gasteiger partial charge in [-0.1, -0.05) is 61.8 Å². The number of nitrogens with two attached hydrogens (primary N) is 3. The third kappa shape index (κ3) is 10.2. The number of aliphatic imine (C=N–C) groups is 1. The molecule has 0 unspecified atom stereocenters. The van der Waals surface area contributed by atoms with Gasteiger partial charge in [0.15, 0.2) is 5.96 Å². The number of rotatable bonds is 14. The highest BCUT2D eigenvalue weighted by atomic mass is 35.5. The molecule has 0 aliphatic carbocycles. The van der Waals surface area contributed by atoms with Crippen molar-refractivity contribution in [1.82, 2.24) is 20.9 Å². The van der Waals surface area contributed by atoms with Gasteiger partial charge in [-0.25, -0.2) is 0 Å². The first-order valence-corrected chi connectivity index (χ1v) is 15.5. The molecule has 14 heteroatoms. The highest BCUT2D eigenvalue weighted by Crippen LogP contribution is 2.25. The van der Waals surface area contributed by atoms with Crippen molar-refractivity contribution in [3.05, 3.63) is 70.2 Å². The molecule has 0 fully saturated rings. The summed E-state index contributed by atoms with van der Waals surface area (Å²) >= 11 is 6.08. The van der Waals surface area contributed by atoms with Crippen molar-refractivity contribution in [3.8, 4) is 0 Å². The zero-order valence-corrected chi connectivity index (χ0v) is 27.0. The lowest BCUT2D eigenvalue weighted by molar-refractivity contribution is -0.144. The van der Waals surface area contributed by atoms with Gasteiger partial charge in [-0.3, -0.25) is 29.0 Å². The van der Waals surface area contributed by atoms with Crippen molar-refractivity contribution < 1.29 is 24.0 Å². The van der Waals surface area contributed by atoms with Crippen LogP contribution in [0, 0.1) is 5.92 Å². The van der Waals surface area contributed by atoms with Crippen molar-refractivity contribution in [2.45, 2.75) is 77.2 Å². The SMILES string of the molecule is CC(=O)N[C@H](C(=O)N[C@@H](CCCN=C(N)N)C(=O)N[C@H](Cc1ccc(Cl)cc1)C(=O)N1Cc2ccccc2C[C@@H]1C(N)=O)C(C)C. The molecule has 9 N–H and O–H groups in total. The van der Waals surface area contributed by atoms with Gasteiger partial charge < -0.3 is 38.1 Å². The molecule has 4 atom stereocenters.